The molecule has 1 aliphatic rings. The Kier molecular flexibility index (Phi) is 8.43. The molecule has 39 heavy (non-hydrogen) atoms. The Bertz CT molecular complexity index is 1290. The molecule has 0 radical (unpaired) electrons. The third-order valence-corrected chi connectivity index (χ3v) is 6.10. The van der Waals surface area contributed by atoms with Gasteiger partial charge < -0.3 is 19.5 Å². The van der Waals surface area contributed by atoms with Gasteiger partial charge in [0.15, 0.2) is 5.82 Å². The Balaban J connectivity index is 1.42. The maximum atomic E-state index is 13.2. The molecule has 4 rings (SSSR count). The number of carbonyl (C=O) groups excluding carboxylic acids is 2. The minimum atomic E-state index is -0.945. The summed E-state index contributed by atoms with van der Waals surface area (Å²) in [7, 11) is 0. The topological polar surface area (TPSA) is 131 Å². The van der Waals surface area contributed by atoms with E-state index >= 15 is 0 Å². The van der Waals surface area contributed by atoms with E-state index in [1.54, 1.807) is 20.8 Å². The summed E-state index contributed by atoms with van der Waals surface area (Å²) >= 11 is 0. The van der Waals surface area contributed by atoms with Gasteiger partial charge in [0.05, 0.1) is 24.6 Å². The number of hydrogen-bond donors (Lipinski definition) is 2. The molecule has 0 saturated carbocycles. The van der Waals surface area contributed by atoms with Gasteiger partial charge in [-0.15, -0.1) is 0 Å². The van der Waals surface area contributed by atoms with Crippen molar-refractivity contribution in [1.29, 1.82) is 0 Å². The third kappa shape index (κ3) is 7.31. The summed E-state index contributed by atoms with van der Waals surface area (Å²) in [4.78, 5) is 46.1. The predicted octanol–water partition coefficient (Wildman–Crippen LogP) is 5.44. The van der Waals surface area contributed by atoms with Crippen molar-refractivity contribution in [2.45, 2.75) is 51.7 Å². The first-order chi connectivity index (χ1) is 18.6. The van der Waals surface area contributed by atoms with Gasteiger partial charge in [-0.05, 0) is 49.4 Å². The van der Waals surface area contributed by atoms with Gasteiger partial charge in [0.2, 0.25) is 0 Å². The fourth-order valence-electron chi connectivity index (χ4n) is 4.45. The fourth-order valence-corrected chi connectivity index (χ4v) is 4.45. The predicted molar refractivity (Wildman–Crippen MR) is 144 cm³/mol. The number of amides is 2. The van der Waals surface area contributed by atoms with Gasteiger partial charge in [0.25, 0.3) is 0 Å². The molecule has 10 nitrogen and oxygen atoms in total. The second kappa shape index (κ2) is 11.9. The standard InChI is InChI=1S/C29H32N4O6/c1-29(2,3)39-27(36)32-25-16-30-19(15-31-25)17-33(14-8-13-26(34)35)28(37)38-18-24-22-11-6-4-9-20(22)21-10-5-7-12-23(21)24/h4-7,9-12,15-16,24H,8,13-14,17-18H2,1-3H3,(H,34,35)(H,31,32,36). The number of anilines is 1. The van der Waals surface area contributed by atoms with E-state index in [2.05, 4.69) is 27.4 Å². The minimum Gasteiger partial charge on any atom is -0.481 e. The van der Waals surface area contributed by atoms with Gasteiger partial charge >= 0.3 is 18.2 Å². The molecule has 1 aliphatic carbocycles. The normalized spacial score (nSPS) is 12.3. The number of aliphatic carboxylic acids is 1. The molecular formula is C29H32N4O6. The van der Waals surface area contributed by atoms with Crippen molar-refractivity contribution in [2.24, 2.45) is 0 Å². The SMILES string of the molecule is CC(C)(C)OC(=O)Nc1cnc(CN(CCCC(=O)O)C(=O)OCC2c3ccccc3-c3ccccc32)cn1. The molecule has 1 heterocycles. The number of benzene rings is 2. The first kappa shape index (κ1) is 27.6. The van der Waals surface area contributed by atoms with Crippen LogP contribution in [0.3, 0.4) is 0 Å². The smallest absolute Gasteiger partial charge is 0.413 e. The van der Waals surface area contributed by atoms with Crippen molar-refractivity contribution < 1.29 is 29.0 Å². The Morgan fingerprint density at radius 1 is 0.974 bits per heavy atom. The van der Waals surface area contributed by atoms with Crippen LogP contribution in [0.15, 0.2) is 60.9 Å². The van der Waals surface area contributed by atoms with Crippen molar-refractivity contribution in [1.82, 2.24) is 14.9 Å². The quantitative estimate of drug-likeness (QED) is 0.372. The zero-order valence-electron chi connectivity index (χ0n) is 22.2. The molecule has 0 unspecified atom stereocenters. The first-order valence-corrected chi connectivity index (χ1v) is 12.7. The lowest BCUT2D eigenvalue weighted by atomic mass is 9.98. The van der Waals surface area contributed by atoms with Gasteiger partial charge in [-0.3, -0.25) is 15.1 Å². The van der Waals surface area contributed by atoms with Crippen LogP contribution in [0.4, 0.5) is 15.4 Å². The van der Waals surface area contributed by atoms with Crippen molar-refractivity contribution in [2.75, 3.05) is 18.5 Å². The average molecular weight is 533 g/mol. The van der Waals surface area contributed by atoms with Crippen LogP contribution in [0.25, 0.3) is 11.1 Å². The summed E-state index contributed by atoms with van der Waals surface area (Å²) in [6, 6.07) is 16.1. The molecule has 0 bridgehead atoms. The molecule has 2 amide bonds. The number of aromatic nitrogens is 2. The minimum absolute atomic E-state index is 0.0655. The largest absolute Gasteiger partial charge is 0.481 e. The van der Waals surface area contributed by atoms with Crippen molar-refractivity contribution in [3.8, 4) is 11.1 Å². The fraction of sp³-hybridized carbons (Fsp3) is 0.345. The van der Waals surface area contributed by atoms with Crippen LogP contribution >= 0.6 is 0 Å². The Labute approximate surface area is 227 Å². The number of rotatable bonds is 9. The van der Waals surface area contributed by atoms with E-state index < -0.39 is 23.8 Å². The molecule has 0 atom stereocenters. The number of nitrogens with one attached hydrogen (secondary N) is 1. The molecule has 0 saturated heterocycles. The van der Waals surface area contributed by atoms with E-state index in [4.69, 9.17) is 14.6 Å². The summed E-state index contributed by atoms with van der Waals surface area (Å²) in [6.45, 7) is 5.64. The van der Waals surface area contributed by atoms with E-state index in [1.807, 2.05) is 36.4 Å². The average Bonchev–Trinajstić information content (AvgIpc) is 3.20. The van der Waals surface area contributed by atoms with Crippen molar-refractivity contribution in [3.05, 3.63) is 77.7 Å². The Morgan fingerprint density at radius 3 is 2.18 bits per heavy atom. The van der Waals surface area contributed by atoms with E-state index in [-0.39, 0.29) is 44.3 Å². The molecule has 3 aromatic rings. The zero-order chi connectivity index (χ0) is 28.0. The monoisotopic (exact) mass is 532 g/mol. The van der Waals surface area contributed by atoms with E-state index in [0.717, 1.165) is 22.3 Å². The molecule has 2 aromatic carbocycles. The highest BCUT2D eigenvalue weighted by atomic mass is 16.6. The van der Waals surface area contributed by atoms with Gasteiger partial charge in [-0.25, -0.2) is 14.6 Å². The van der Waals surface area contributed by atoms with Gasteiger partial charge in [-0.1, -0.05) is 48.5 Å². The Hall–Kier alpha value is -4.47. The summed E-state index contributed by atoms with van der Waals surface area (Å²) < 4.78 is 11.0. The Morgan fingerprint density at radius 2 is 1.62 bits per heavy atom. The lowest BCUT2D eigenvalue weighted by Gasteiger charge is -2.23. The lowest BCUT2D eigenvalue weighted by molar-refractivity contribution is -0.137. The highest BCUT2D eigenvalue weighted by Crippen LogP contribution is 2.44. The third-order valence-electron chi connectivity index (χ3n) is 6.10. The first-order valence-electron chi connectivity index (χ1n) is 12.7. The highest BCUT2D eigenvalue weighted by molar-refractivity contribution is 5.83. The van der Waals surface area contributed by atoms with Crippen LogP contribution in [0.5, 0.6) is 0 Å². The maximum Gasteiger partial charge on any atom is 0.413 e. The van der Waals surface area contributed by atoms with Crippen LogP contribution in [0, 0.1) is 0 Å². The lowest BCUT2D eigenvalue weighted by Crippen LogP contribution is -2.33. The van der Waals surface area contributed by atoms with Crippen LogP contribution in [0.1, 0.15) is 56.4 Å². The number of fused-ring (bicyclic) bond motifs is 3. The second-order valence-electron chi connectivity index (χ2n) is 10.2. The maximum absolute atomic E-state index is 13.2. The van der Waals surface area contributed by atoms with E-state index in [0.29, 0.717) is 5.69 Å². The van der Waals surface area contributed by atoms with E-state index in [1.165, 1.54) is 17.3 Å². The van der Waals surface area contributed by atoms with E-state index in [9.17, 15) is 14.4 Å². The van der Waals surface area contributed by atoms with Crippen LogP contribution in [-0.4, -0.2) is 56.9 Å². The van der Waals surface area contributed by atoms with Gasteiger partial charge in [0.1, 0.15) is 12.2 Å². The van der Waals surface area contributed by atoms with Crippen LogP contribution in [0.2, 0.25) is 0 Å². The molecule has 0 aliphatic heterocycles. The van der Waals surface area contributed by atoms with Crippen LogP contribution in [-0.2, 0) is 20.8 Å². The number of hydrogen-bond acceptors (Lipinski definition) is 7. The van der Waals surface area contributed by atoms with Crippen molar-refractivity contribution in [3.63, 3.8) is 0 Å². The summed E-state index contributed by atoms with van der Waals surface area (Å²) in [5, 5.41) is 11.6. The van der Waals surface area contributed by atoms with Crippen molar-refractivity contribution >= 4 is 24.0 Å². The molecule has 204 valence electrons. The second-order valence-corrected chi connectivity index (χ2v) is 10.2. The molecule has 0 spiro atoms. The van der Waals surface area contributed by atoms with Gasteiger partial charge in [-0.2, -0.15) is 0 Å². The molecule has 2 N–H and O–H groups in total. The summed E-state index contributed by atoms with van der Waals surface area (Å²) in [5.41, 5.74) is 4.25. The van der Waals surface area contributed by atoms with Gasteiger partial charge in [0, 0.05) is 18.9 Å². The summed E-state index contributed by atoms with van der Waals surface area (Å²) in [5.74, 6) is -0.841. The molecule has 10 heteroatoms. The van der Waals surface area contributed by atoms with Crippen LogP contribution < -0.4 is 5.32 Å². The number of carboxylic acids is 1. The highest BCUT2D eigenvalue weighted by Gasteiger charge is 2.30. The zero-order valence-corrected chi connectivity index (χ0v) is 22.2. The summed E-state index contributed by atoms with van der Waals surface area (Å²) in [6.07, 6.45) is 1.75. The molecule has 1 aromatic heterocycles. The number of ether oxygens (including phenoxy) is 2. The molecule has 0 fully saturated rings. The number of carboxylic acid groups (broad SMARTS) is 1. The number of nitrogens with zero attached hydrogens (tertiary/aromatic N) is 3. The number of carbonyl (C=O) groups is 3. The molecular weight excluding hydrogens is 500 g/mol.